The average molecular weight is 357 g/mol. The number of hydrogen-bond acceptors (Lipinski definition) is 5. The van der Waals surface area contributed by atoms with E-state index in [1.807, 2.05) is 6.92 Å². The summed E-state index contributed by atoms with van der Waals surface area (Å²) in [7, 11) is 0. The smallest absolute Gasteiger partial charge is 0.110 e. The van der Waals surface area contributed by atoms with E-state index in [-0.39, 0.29) is 10.8 Å². The Labute approximate surface area is 156 Å². The van der Waals surface area contributed by atoms with Gasteiger partial charge in [-0.25, -0.2) is 0 Å². The van der Waals surface area contributed by atoms with Gasteiger partial charge in [0.15, 0.2) is 0 Å². The van der Waals surface area contributed by atoms with E-state index in [9.17, 15) is 5.11 Å². The van der Waals surface area contributed by atoms with Gasteiger partial charge < -0.3 is 16.8 Å². The zero-order valence-corrected chi connectivity index (χ0v) is 16.2. The third-order valence-electron chi connectivity index (χ3n) is 8.64. The third-order valence-corrected chi connectivity index (χ3v) is 8.64. The predicted molar refractivity (Wildman–Crippen MR) is 105 cm³/mol. The lowest BCUT2D eigenvalue weighted by Gasteiger charge is -2.57. The molecule has 3 unspecified atom stereocenters. The number of hydrazone groups is 2. The van der Waals surface area contributed by atoms with Crippen molar-refractivity contribution in [2.45, 2.75) is 64.9 Å². The minimum absolute atomic E-state index is 0.151. The maximum atomic E-state index is 11.5. The monoisotopic (exact) mass is 356 g/mol. The van der Waals surface area contributed by atoms with Crippen LogP contribution in [0.5, 0.6) is 0 Å². The molecule has 4 aliphatic carbocycles. The van der Waals surface area contributed by atoms with Crippen LogP contribution in [0.15, 0.2) is 34.0 Å². The van der Waals surface area contributed by atoms with Crippen molar-refractivity contribution in [3.05, 3.63) is 23.8 Å². The van der Waals surface area contributed by atoms with Crippen molar-refractivity contribution in [1.29, 1.82) is 0 Å². The van der Waals surface area contributed by atoms with Crippen molar-refractivity contribution in [2.24, 2.45) is 50.5 Å². The molecule has 0 aromatic heterocycles. The van der Waals surface area contributed by atoms with Crippen LogP contribution in [-0.2, 0) is 0 Å². The lowest BCUT2D eigenvalue weighted by Crippen LogP contribution is -2.56. The van der Waals surface area contributed by atoms with Crippen LogP contribution in [0.1, 0.15) is 59.3 Å². The summed E-state index contributed by atoms with van der Waals surface area (Å²) in [6.45, 7) is 6.56. The van der Waals surface area contributed by atoms with E-state index in [4.69, 9.17) is 11.7 Å². The first-order valence-electron chi connectivity index (χ1n) is 9.94. The predicted octanol–water partition coefficient (Wildman–Crippen LogP) is 3.11. The fourth-order valence-electron chi connectivity index (χ4n) is 6.83. The zero-order valence-electron chi connectivity index (χ0n) is 16.2. The molecule has 5 nitrogen and oxygen atoms in total. The Morgan fingerprint density at radius 1 is 1.15 bits per heavy atom. The Morgan fingerprint density at radius 2 is 1.88 bits per heavy atom. The fourth-order valence-corrected chi connectivity index (χ4v) is 6.83. The van der Waals surface area contributed by atoms with Crippen LogP contribution in [-0.4, -0.2) is 22.1 Å². The Kier molecular flexibility index (Phi) is 3.89. The molecule has 0 bridgehead atoms. The van der Waals surface area contributed by atoms with Crippen LogP contribution in [0, 0.1) is 28.6 Å². The molecule has 0 radical (unpaired) electrons. The highest BCUT2D eigenvalue weighted by Crippen LogP contribution is 2.66. The SMILES string of the molecule is C/C(=N/N)[C@@]1(O)CCC2C3C=CC4=C/C(=N/N)CC[C@]4(C)C3CC[C@@]21C. The summed E-state index contributed by atoms with van der Waals surface area (Å²) < 4.78 is 0. The van der Waals surface area contributed by atoms with Crippen molar-refractivity contribution >= 4 is 11.4 Å². The van der Waals surface area contributed by atoms with Crippen molar-refractivity contribution < 1.29 is 5.11 Å². The molecule has 4 rings (SSSR count). The molecule has 6 atom stereocenters. The molecular weight excluding hydrogens is 324 g/mol. The molecule has 0 heterocycles. The van der Waals surface area contributed by atoms with Gasteiger partial charge in [0.2, 0.25) is 0 Å². The standard InChI is InChI=1S/C21H32N4O/c1-13(24-22)21(26)11-8-18-16-5-4-14-12-15(25-23)6-9-19(14,2)17(16)7-10-20(18,21)3/h4-5,12,16-18,26H,6-11,22-23H2,1-3H3/b24-13-,25-15+/t16?,17?,18?,19-,20-,21-/m0/s1. The summed E-state index contributed by atoms with van der Waals surface area (Å²) in [5.41, 5.74) is 2.24. The Balaban J connectivity index is 1.74. The van der Waals surface area contributed by atoms with Crippen molar-refractivity contribution in [3.63, 3.8) is 0 Å². The summed E-state index contributed by atoms with van der Waals surface area (Å²) >= 11 is 0. The molecule has 0 spiro atoms. The highest BCUT2D eigenvalue weighted by atomic mass is 16.3. The molecule has 0 aliphatic heterocycles. The average Bonchev–Trinajstić information content (AvgIpc) is 2.92. The summed E-state index contributed by atoms with van der Waals surface area (Å²) in [4.78, 5) is 0. The van der Waals surface area contributed by atoms with Gasteiger partial charge in [0.1, 0.15) is 5.60 Å². The lowest BCUT2D eigenvalue weighted by molar-refractivity contribution is -0.0748. The van der Waals surface area contributed by atoms with Gasteiger partial charge in [-0.2, -0.15) is 10.2 Å². The minimum atomic E-state index is -0.867. The number of nitrogens with two attached hydrogens (primary N) is 2. The van der Waals surface area contributed by atoms with Gasteiger partial charge in [-0.15, -0.1) is 0 Å². The van der Waals surface area contributed by atoms with Crippen molar-refractivity contribution in [2.75, 3.05) is 0 Å². The van der Waals surface area contributed by atoms with Crippen molar-refractivity contribution in [3.8, 4) is 0 Å². The topological polar surface area (TPSA) is 97.0 Å². The Morgan fingerprint density at radius 3 is 2.58 bits per heavy atom. The molecule has 0 aromatic carbocycles. The maximum absolute atomic E-state index is 11.5. The molecule has 0 amide bonds. The molecule has 5 N–H and O–H groups in total. The third kappa shape index (κ3) is 2.07. The molecule has 142 valence electrons. The molecule has 26 heavy (non-hydrogen) atoms. The second-order valence-electron chi connectivity index (χ2n) is 9.36. The molecular formula is C21H32N4O. The Hall–Kier alpha value is -1.62. The van der Waals surface area contributed by atoms with Crippen LogP contribution in [0.3, 0.4) is 0 Å². The van der Waals surface area contributed by atoms with Crippen LogP contribution in [0.4, 0.5) is 0 Å². The van der Waals surface area contributed by atoms with Gasteiger partial charge in [0.05, 0.1) is 11.4 Å². The molecule has 5 heteroatoms. The quantitative estimate of drug-likeness (QED) is 0.382. The van der Waals surface area contributed by atoms with Crippen LogP contribution in [0.25, 0.3) is 0 Å². The number of nitrogens with zero attached hydrogens (tertiary/aromatic N) is 2. The van der Waals surface area contributed by atoms with E-state index in [1.54, 1.807) is 0 Å². The zero-order chi connectivity index (χ0) is 18.7. The first-order chi connectivity index (χ1) is 12.3. The summed E-state index contributed by atoms with van der Waals surface area (Å²) in [6, 6.07) is 0. The minimum Gasteiger partial charge on any atom is -0.383 e. The second-order valence-corrected chi connectivity index (χ2v) is 9.36. The number of rotatable bonds is 1. The second kappa shape index (κ2) is 5.69. The molecule has 4 aliphatic rings. The number of allylic oxidation sites excluding steroid dienone is 4. The number of aliphatic hydroxyl groups is 1. The van der Waals surface area contributed by atoms with E-state index in [0.717, 1.165) is 44.2 Å². The highest BCUT2D eigenvalue weighted by Gasteiger charge is 2.64. The van der Waals surface area contributed by atoms with Gasteiger partial charge in [-0.1, -0.05) is 26.0 Å². The molecule has 2 saturated carbocycles. The van der Waals surface area contributed by atoms with Gasteiger partial charge in [0, 0.05) is 5.41 Å². The van der Waals surface area contributed by atoms with Gasteiger partial charge >= 0.3 is 0 Å². The summed E-state index contributed by atoms with van der Waals surface area (Å²) in [6.07, 6.45) is 12.9. The maximum Gasteiger partial charge on any atom is 0.110 e. The largest absolute Gasteiger partial charge is 0.383 e. The Bertz CT molecular complexity index is 738. The van der Waals surface area contributed by atoms with Crippen molar-refractivity contribution in [1.82, 2.24) is 0 Å². The summed E-state index contributed by atoms with van der Waals surface area (Å²) in [5.74, 6) is 12.7. The molecule has 0 saturated heterocycles. The van der Waals surface area contributed by atoms with E-state index in [0.29, 0.717) is 23.5 Å². The van der Waals surface area contributed by atoms with Crippen LogP contribution in [0.2, 0.25) is 0 Å². The van der Waals surface area contributed by atoms with E-state index < -0.39 is 5.60 Å². The van der Waals surface area contributed by atoms with Crippen LogP contribution < -0.4 is 11.7 Å². The molecule has 2 fully saturated rings. The normalized spacial score (nSPS) is 49.4. The van der Waals surface area contributed by atoms with Gasteiger partial charge in [0.25, 0.3) is 0 Å². The van der Waals surface area contributed by atoms with Gasteiger partial charge in [-0.3, -0.25) is 0 Å². The number of fused-ring (bicyclic) bond motifs is 5. The first kappa shape index (κ1) is 17.8. The van der Waals surface area contributed by atoms with E-state index >= 15 is 0 Å². The highest BCUT2D eigenvalue weighted by molar-refractivity contribution is 5.97. The summed E-state index contributed by atoms with van der Waals surface area (Å²) in [5, 5.41) is 19.3. The van der Waals surface area contributed by atoms with Crippen LogP contribution >= 0.6 is 0 Å². The first-order valence-corrected chi connectivity index (χ1v) is 9.94. The number of hydrogen-bond donors (Lipinski definition) is 3. The fraction of sp³-hybridized carbons (Fsp3) is 0.714. The van der Waals surface area contributed by atoms with Gasteiger partial charge in [-0.05, 0) is 80.3 Å². The van der Waals surface area contributed by atoms with E-state index in [1.165, 1.54) is 5.57 Å². The lowest BCUT2D eigenvalue weighted by atomic mass is 9.48. The van der Waals surface area contributed by atoms with E-state index in [2.05, 4.69) is 42.3 Å². The molecule has 0 aromatic rings.